The zero-order chi connectivity index (χ0) is 9.03. The van der Waals surface area contributed by atoms with Gasteiger partial charge in [0.05, 0.1) is 0 Å². The predicted octanol–water partition coefficient (Wildman–Crippen LogP) is -2.66. The van der Waals surface area contributed by atoms with E-state index >= 15 is 0 Å². The topological polar surface area (TPSA) is 66.4 Å². The summed E-state index contributed by atoms with van der Waals surface area (Å²) in [7, 11) is -4.52. The third kappa shape index (κ3) is 4.00. The quantitative estimate of drug-likeness (QED) is 0.347. The van der Waals surface area contributed by atoms with Crippen molar-refractivity contribution in [3.8, 4) is 0 Å². The monoisotopic (exact) mass is 300 g/mol. The van der Waals surface area contributed by atoms with Gasteiger partial charge in [-0.15, -0.1) is 0 Å². The fraction of sp³-hybridized carbons (Fsp3) is 0. The molecule has 0 aliphatic rings. The molecule has 1 aromatic rings. The van der Waals surface area contributed by atoms with Gasteiger partial charge in [-0.1, -0.05) is 18.2 Å². The highest BCUT2D eigenvalue weighted by Crippen LogP contribution is 1.82. The van der Waals surface area contributed by atoms with Crippen molar-refractivity contribution in [3.05, 3.63) is 33.9 Å². The van der Waals surface area contributed by atoms with Crippen molar-refractivity contribution in [2.75, 3.05) is 0 Å². The molecular weight excluding hydrogens is 295 g/mol. The van der Waals surface area contributed by atoms with Crippen molar-refractivity contribution in [1.82, 2.24) is 0 Å². The lowest BCUT2D eigenvalue weighted by Gasteiger charge is -1.93. The minimum atomic E-state index is -4.52. The van der Waals surface area contributed by atoms with Crippen LogP contribution < -0.4 is 21.6 Å². The Morgan fingerprint density at radius 2 is 1.83 bits per heavy atom. The molecule has 1 aromatic carbocycles. The Balaban J connectivity index is 2.56. The van der Waals surface area contributed by atoms with E-state index in [1.807, 2.05) is 0 Å². The molecule has 0 saturated carbocycles. The molecule has 0 bridgehead atoms. The van der Waals surface area contributed by atoms with Gasteiger partial charge in [-0.2, -0.15) is 0 Å². The second-order valence-corrected chi connectivity index (χ2v) is 5.55. The van der Waals surface area contributed by atoms with Crippen LogP contribution in [0.25, 0.3) is 0 Å². The molecule has 0 saturated heterocycles. The largest absolute Gasteiger partial charge is 0.722 e. The normalized spacial score (nSPS) is 11.4. The van der Waals surface area contributed by atoms with Gasteiger partial charge in [0.25, 0.3) is 10.4 Å². The lowest BCUT2D eigenvalue weighted by Crippen LogP contribution is -3.62. The summed E-state index contributed by atoms with van der Waals surface area (Å²) in [6, 6.07) is 8.77. The Hall–Kier alpha value is -0.180. The molecule has 0 radical (unpaired) electrons. The maximum Gasteiger partial charge on any atom is 0.539 e. The Bertz CT molecular complexity index is 334. The van der Waals surface area contributed by atoms with Gasteiger partial charge in [0.1, 0.15) is 0 Å². The molecule has 0 aromatic heterocycles. The van der Waals surface area contributed by atoms with Gasteiger partial charge in [-0.25, -0.2) is 8.42 Å². The number of halogens is 1. The van der Waals surface area contributed by atoms with E-state index in [9.17, 15) is 13.0 Å². The third-order valence-corrected chi connectivity index (χ3v) is 4.24. The summed E-state index contributed by atoms with van der Waals surface area (Å²) in [6.45, 7) is 0. The van der Waals surface area contributed by atoms with Crippen LogP contribution in [0.2, 0.25) is 0 Å². The van der Waals surface area contributed by atoms with Crippen molar-refractivity contribution in [1.29, 1.82) is 0 Å². The van der Waals surface area contributed by atoms with Gasteiger partial charge >= 0.3 is 21.6 Å². The van der Waals surface area contributed by atoms with Gasteiger partial charge in [-0.05, 0) is 14.6 Å². The van der Waals surface area contributed by atoms with Crippen molar-refractivity contribution in [2.24, 2.45) is 0 Å². The molecule has 0 aliphatic carbocycles. The highest BCUT2D eigenvalue weighted by Gasteiger charge is 2.17. The highest BCUT2D eigenvalue weighted by molar-refractivity contribution is 7.80. The maximum absolute atomic E-state index is 10.1. The minimum Gasteiger partial charge on any atom is -0.722 e. The van der Waals surface area contributed by atoms with Gasteiger partial charge in [-0.3, -0.25) is 0 Å². The summed E-state index contributed by atoms with van der Waals surface area (Å²) < 4.78 is 35.1. The molecule has 4 nitrogen and oxygen atoms in total. The molecule has 0 atom stereocenters. The average Bonchev–Trinajstić information content (AvgIpc) is 2.02. The first-order valence-corrected chi connectivity index (χ1v) is 6.21. The van der Waals surface area contributed by atoms with E-state index in [0.29, 0.717) is 0 Å². The highest BCUT2D eigenvalue weighted by atomic mass is 127. The number of benzene rings is 1. The Morgan fingerprint density at radius 3 is 2.33 bits per heavy atom. The summed E-state index contributed by atoms with van der Waals surface area (Å²) in [4.78, 5) is 0. The molecule has 1 rings (SSSR count). The zero-order valence-electron chi connectivity index (χ0n) is 5.81. The molecule has 0 aliphatic heterocycles. The molecule has 66 valence electrons. The van der Waals surface area contributed by atoms with Crippen LogP contribution in [0.3, 0.4) is 0 Å². The van der Waals surface area contributed by atoms with Gasteiger partial charge < -0.3 is 4.55 Å². The second kappa shape index (κ2) is 4.17. The van der Waals surface area contributed by atoms with E-state index in [4.69, 9.17) is 0 Å². The molecule has 0 unspecified atom stereocenters. The number of hydrogen-bond donors (Lipinski definition) is 0. The standard InChI is InChI=1S/C6H5IO4S/c8-12(9,10)11-7-6-4-2-1-3-5-6/h1-5H. The average molecular weight is 300 g/mol. The van der Waals surface area contributed by atoms with Gasteiger partial charge in [0.2, 0.25) is 3.57 Å². The van der Waals surface area contributed by atoms with Crippen LogP contribution in [0.5, 0.6) is 0 Å². The molecular formula is C6H5IO4S. The van der Waals surface area contributed by atoms with Crippen molar-refractivity contribution < 1.29 is 37.1 Å². The van der Waals surface area contributed by atoms with Crippen LogP contribution in [0.15, 0.2) is 30.3 Å². The SMILES string of the molecule is O=S(=O)([O-])O[I+]c1ccccc1. The van der Waals surface area contributed by atoms with Crippen molar-refractivity contribution in [3.63, 3.8) is 0 Å². The molecule has 6 heteroatoms. The number of rotatable bonds is 3. The minimum absolute atomic E-state index is 0.760. The Kier molecular flexibility index (Phi) is 3.44. The molecule has 0 fully saturated rings. The first-order valence-electron chi connectivity index (χ1n) is 2.92. The van der Waals surface area contributed by atoms with E-state index in [1.165, 1.54) is 0 Å². The molecule has 0 heterocycles. The molecule has 0 spiro atoms. The van der Waals surface area contributed by atoms with Crippen LogP contribution in [-0.2, 0) is 12.9 Å². The van der Waals surface area contributed by atoms with Crippen LogP contribution in [0.4, 0.5) is 0 Å². The van der Waals surface area contributed by atoms with Crippen LogP contribution >= 0.6 is 0 Å². The molecule has 12 heavy (non-hydrogen) atoms. The summed E-state index contributed by atoms with van der Waals surface area (Å²) in [6.07, 6.45) is 0. The maximum atomic E-state index is 10.1. The van der Waals surface area contributed by atoms with Crippen molar-refractivity contribution in [2.45, 2.75) is 0 Å². The third-order valence-electron chi connectivity index (χ3n) is 0.931. The summed E-state index contributed by atoms with van der Waals surface area (Å²) >= 11 is -1.16. The predicted molar refractivity (Wildman–Crippen MR) is 35.9 cm³/mol. The fourth-order valence-corrected chi connectivity index (χ4v) is 2.68. The van der Waals surface area contributed by atoms with E-state index in [1.54, 1.807) is 30.3 Å². The van der Waals surface area contributed by atoms with E-state index in [2.05, 4.69) is 2.51 Å². The van der Waals surface area contributed by atoms with E-state index < -0.39 is 32.0 Å². The Morgan fingerprint density at radius 1 is 1.25 bits per heavy atom. The van der Waals surface area contributed by atoms with Gasteiger partial charge in [0, 0.05) is 0 Å². The van der Waals surface area contributed by atoms with Crippen molar-refractivity contribution >= 4 is 10.4 Å². The summed E-state index contributed by atoms with van der Waals surface area (Å²) in [5, 5.41) is 0. The second-order valence-electron chi connectivity index (χ2n) is 1.84. The molecule has 0 N–H and O–H groups in total. The van der Waals surface area contributed by atoms with E-state index in [0.717, 1.165) is 3.57 Å². The summed E-state index contributed by atoms with van der Waals surface area (Å²) in [5.41, 5.74) is 0. The zero-order valence-corrected chi connectivity index (χ0v) is 8.78. The lowest BCUT2D eigenvalue weighted by molar-refractivity contribution is -0.838. The first-order chi connectivity index (χ1) is 5.58. The fourth-order valence-electron chi connectivity index (χ4n) is 0.541. The number of hydrogen-bond acceptors (Lipinski definition) is 4. The Labute approximate surface area is 81.3 Å². The first kappa shape index (κ1) is 9.90. The lowest BCUT2D eigenvalue weighted by atomic mass is 10.4. The van der Waals surface area contributed by atoms with Crippen LogP contribution in [0, 0.1) is 3.57 Å². The van der Waals surface area contributed by atoms with Gasteiger partial charge in [0.15, 0.2) is 0 Å². The van der Waals surface area contributed by atoms with Crippen LogP contribution in [-0.4, -0.2) is 13.0 Å². The molecule has 0 amide bonds. The summed E-state index contributed by atoms with van der Waals surface area (Å²) in [5.74, 6) is 0. The smallest absolute Gasteiger partial charge is 0.539 e. The van der Waals surface area contributed by atoms with E-state index in [-0.39, 0.29) is 0 Å². The van der Waals surface area contributed by atoms with Crippen LogP contribution in [0.1, 0.15) is 0 Å².